The Labute approximate surface area is 195 Å². The number of carbonyl (C=O) groups excluding carboxylic acids is 4. The second kappa shape index (κ2) is 20.6. The molecule has 0 fully saturated rings. The van der Waals surface area contributed by atoms with Gasteiger partial charge in [0, 0.05) is 18.5 Å². The van der Waals surface area contributed by atoms with E-state index in [9.17, 15) is 19.2 Å². The van der Waals surface area contributed by atoms with Crippen LogP contribution in [0.2, 0.25) is 0 Å². The van der Waals surface area contributed by atoms with Gasteiger partial charge in [-0.2, -0.15) is 0 Å². The molecule has 0 aliphatic heterocycles. The van der Waals surface area contributed by atoms with E-state index in [0.29, 0.717) is 24.9 Å². The molecule has 0 aliphatic carbocycles. The Morgan fingerprint density at radius 3 is 1.53 bits per heavy atom. The molecule has 9 heteroatoms. The van der Waals surface area contributed by atoms with Crippen molar-refractivity contribution in [1.29, 1.82) is 0 Å². The van der Waals surface area contributed by atoms with Gasteiger partial charge in [-0.15, -0.1) is 0 Å². The first-order valence-electron chi connectivity index (χ1n) is 11.2. The molecule has 2 atom stereocenters. The summed E-state index contributed by atoms with van der Waals surface area (Å²) in [5.74, 6) is 0.314. The predicted molar refractivity (Wildman–Crippen MR) is 129 cm³/mol. The summed E-state index contributed by atoms with van der Waals surface area (Å²) in [6.07, 6.45) is 1.89. The summed E-state index contributed by atoms with van der Waals surface area (Å²) in [6.45, 7) is 16.0. The smallest absolute Gasteiger partial charge is 0.407 e. The van der Waals surface area contributed by atoms with Crippen molar-refractivity contribution in [1.82, 2.24) is 21.3 Å². The monoisotopic (exact) mass is 460 g/mol. The second-order valence-corrected chi connectivity index (χ2v) is 8.40. The lowest BCUT2D eigenvalue weighted by molar-refractivity contribution is -0.126. The van der Waals surface area contributed by atoms with E-state index in [1.807, 2.05) is 55.4 Å². The largest absolute Gasteiger partial charge is 0.449 e. The van der Waals surface area contributed by atoms with E-state index in [0.717, 1.165) is 12.8 Å². The Balaban J connectivity index is -0.000000511. The molecule has 0 aromatic rings. The van der Waals surface area contributed by atoms with Gasteiger partial charge in [-0.05, 0) is 39.5 Å². The third-order valence-electron chi connectivity index (χ3n) is 4.17. The molecule has 0 radical (unpaired) electrons. The molecule has 0 bridgehead atoms. The van der Waals surface area contributed by atoms with E-state index in [2.05, 4.69) is 21.3 Å². The number of ether oxygens (including phenoxy) is 1. The van der Waals surface area contributed by atoms with Crippen LogP contribution < -0.4 is 21.3 Å². The van der Waals surface area contributed by atoms with Gasteiger partial charge in [0.15, 0.2) is 0 Å². The summed E-state index contributed by atoms with van der Waals surface area (Å²) in [7, 11) is 0. The van der Waals surface area contributed by atoms with Gasteiger partial charge in [0.25, 0.3) is 0 Å². The first-order chi connectivity index (χ1) is 14.4. The van der Waals surface area contributed by atoms with Gasteiger partial charge >= 0.3 is 6.09 Å². The molecule has 0 spiro atoms. The molecule has 0 aliphatic rings. The lowest BCUT2D eigenvalue weighted by Crippen LogP contribution is -2.40. The van der Waals surface area contributed by atoms with Crippen LogP contribution in [0.5, 0.6) is 0 Å². The van der Waals surface area contributed by atoms with Crippen LogP contribution in [-0.4, -0.2) is 55.6 Å². The predicted octanol–water partition coefficient (Wildman–Crippen LogP) is 2.98. The number of nitrogens with one attached hydrogen (secondary N) is 4. The van der Waals surface area contributed by atoms with Crippen LogP contribution >= 0.6 is 0 Å². The molecule has 0 rings (SSSR count). The highest BCUT2D eigenvalue weighted by molar-refractivity contribution is 5.84. The molecule has 4 amide bonds. The van der Waals surface area contributed by atoms with Crippen LogP contribution in [0, 0.1) is 11.8 Å². The van der Waals surface area contributed by atoms with Gasteiger partial charge < -0.3 is 26.0 Å². The van der Waals surface area contributed by atoms with E-state index in [1.165, 1.54) is 0 Å². The van der Waals surface area contributed by atoms with E-state index < -0.39 is 6.09 Å². The highest BCUT2D eigenvalue weighted by Crippen LogP contribution is 2.05. The van der Waals surface area contributed by atoms with Crippen molar-refractivity contribution < 1.29 is 23.9 Å². The van der Waals surface area contributed by atoms with Gasteiger partial charge in [-0.25, -0.2) is 4.79 Å². The summed E-state index contributed by atoms with van der Waals surface area (Å²) in [5, 5.41) is 10.4. The Morgan fingerprint density at radius 2 is 1.12 bits per heavy atom. The third kappa shape index (κ3) is 24.0. The molecule has 9 nitrogen and oxygen atoms in total. The maximum Gasteiger partial charge on any atom is 0.407 e. The number of hydrogen-bond acceptors (Lipinski definition) is 5. The first kappa shape index (κ1) is 34.3. The molecule has 32 heavy (non-hydrogen) atoms. The fourth-order valence-corrected chi connectivity index (χ4v) is 2.00. The maximum absolute atomic E-state index is 11.3. The molecule has 0 heterocycles. The van der Waals surface area contributed by atoms with E-state index in [-0.39, 0.29) is 50.3 Å². The normalized spacial score (nSPS) is 11.8. The van der Waals surface area contributed by atoms with E-state index >= 15 is 0 Å². The fourth-order valence-electron chi connectivity index (χ4n) is 2.00. The van der Waals surface area contributed by atoms with Gasteiger partial charge in [0.2, 0.25) is 17.7 Å². The lowest BCUT2D eigenvalue weighted by atomic mass is 10.1. The van der Waals surface area contributed by atoms with Crippen molar-refractivity contribution >= 4 is 23.8 Å². The fraction of sp³-hybridized carbons (Fsp3) is 0.826. The molecule has 0 saturated heterocycles. The highest BCUT2D eigenvalue weighted by Gasteiger charge is 2.10. The molecule has 0 saturated carbocycles. The van der Waals surface area contributed by atoms with Crippen LogP contribution in [0.15, 0.2) is 0 Å². The molecule has 190 valence electrons. The zero-order chi connectivity index (χ0) is 24.4. The number of hydrogen-bond donors (Lipinski definition) is 4. The topological polar surface area (TPSA) is 126 Å². The SMILES string of the molecule is C.CCC(C)CC(=O)NCC(=O)NC(C)C.CCC(C)COC(=O)NCC(=O)NC(C)C. The van der Waals surface area contributed by atoms with Crippen molar-refractivity contribution in [2.24, 2.45) is 11.8 Å². The summed E-state index contributed by atoms with van der Waals surface area (Å²) in [6, 6.07) is 0.189. The summed E-state index contributed by atoms with van der Waals surface area (Å²) >= 11 is 0. The van der Waals surface area contributed by atoms with Crippen molar-refractivity contribution in [3.8, 4) is 0 Å². The minimum Gasteiger partial charge on any atom is -0.449 e. The maximum atomic E-state index is 11.3. The minimum atomic E-state index is -0.542. The number of carbonyl (C=O) groups is 4. The molecule has 2 unspecified atom stereocenters. The second-order valence-electron chi connectivity index (χ2n) is 8.40. The van der Waals surface area contributed by atoms with E-state index in [4.69, 9.17) is 4.74 Å². The van der Waals surface area contributed by atoms with Crippen molar-refractivity contribution in [2.45, 2.75) is 94.2 Å². The molecule has 0 aromatic heterocycles. The number of amides is 4. The van der Waals surface area contributed by atoms with Crippen LogP contribution in [0.3, 0.4) is 0 Å². The van der Waals surface area contributed by atoms with Crippen LogP contribution in [0.1, 0.15) is 82.1 Å². The summed E-state index contributed by atoms with van der Waals surface area (Å²) < 4.78 is 4.92. The van der Waals surface area contributed by atoms with Gasteiger partial charge in [0.05, 0.1) is 13.2 Å². The average Bonchev–Trinajstić information content (AvgIpc) is 2.68. The summed E-state index contributed by atoms with van der Waals surface area (Å²) in [5.41, 5.74) is 0. The standard InChI is InChI=1S/C11H22N2O3.C11H22N2O2.CH4/c1-5-9(4)7-16-11(15)12-6-10(14)13-8(2)3;1-5-9(4)6-10(14)12-7-11(15)13-8(2)3;/h8-9H,5-7H2,1-4H3,(H,12,15)(H,13,14);8-9H,5-7H2,1-4H3,(H,12,14)(H,13,15);1H4. The zero-order valence-electron chi connectivity index (χ0n) is 20.6. The van der Waals surface area contributed by atoms with Gasteiger partial charge in [-0.1, -0.05) is 48.0 Å². The van der Waals surface area contributed by atoms with Crippen molar-refractivity contribution in [2.75, 3.05) is 19.7 Å². The average molecular weight is 461 g/mol. The van der Waals surface area contributed by atoms with Crippen molar-refractivity contribution in [3.63, 3.8) is 0 Å². The molecule has 4 N–H and O–H groups in total. The quantitative estimate of drug-likeness (QED) is 0.356. The number of rotatable bonds is 12. The number of alkyl carbamates (subject to hydrolysis) is 1. The van der Waals surface area contributed by atoms with Crippen LogP contribution in [0.25, 0.3) is 0 Å². The Hall–Kier alpha value is -2.32. The van der Waals surface area contributed by atoms with Crippen molar-refractivity contribution in [3.05, 3.63) is 0 Å². The molecular formula is C23H48N4O5. The third-order valence-corrected chi connectivity index (χ3v) is 4.17. The Bertz CT molecular complexity index is 538. The zero-order valence-corrected chi connectivity index (χ0v) is 20.6. The summed E-state index contributed by atoms with van der Waals surface area (Å²) in [4.78, 5) is 44.8. The molecular weight excluding hydrogens is 412 g/mol. The Morgan fingerprint density at radius 1 is 0.688 bits per heavy atom. The Kier molecular flexibility index (Phi) is 22.1. The van der Waals surface area contributed by atoms with Crippen LogP contribution in [0.4, 0.5) is 4.79 Å². The van der Waals surface area contributed by atoms with E-state index in [1.54, 1.807) is 0 Å². The van der Waals surface area contributed by atoms with Gasteiger partial charge in [-0.3, -0.25) is 14.4 Å². The minimum absolute atomic E-state index is 0. The lowest BCUT2D eigenvalue weighted by Gasteiger charge is -2.11. The highest BCUT2D eigenvalue weighted by atomic mass is 16.5. The van der Waals surface area contributed by atoms with Crippen LogP contribution in [-0.2, 0) is 19.1 Å². The molecule has 0 aromatic carbocycles. The first-order valence-corrected chi connectivity index (χ1v) is 11.2. The van der Waals surface area contributed by atoms with Gasteiger partial charge in [0.1, 0.15) is 6.54 Å².